The zero-order chi connectivity index (χ0) is 27.3. The Bertz CT molecular complexity index is 1470. The Morgan fingerprint density at radius 1 is 1.11 bits per heavy atom. The molecule has 1 N–H and O–H groups in total. The number of nitrogens with zero attached hydrogens (tertiary/aromatic N) is 3. The van der Waals surface area contributed by atoms with E-state index in [4.69, 9.17) is 14.1 Å². The molecule has 4 aromatic rings. The van der Waals surface area contributed by atoms with Crippen LogP contribution in [0.5, 0.6) is 0 Å². The van der Waals surface area contributed by atoms with Crippen molar-refractivity contribution in [3.8, 4) is 11.3 Å². The van der Waals surface area contributed by atoms with Crippen LogP contribution in [0.3, 0.4) is 0 Å². The van der Waals surface area contributed by atoms with Gasteiger partial charge >= 0.3 is 5.97 Å². The van der Waals surface area contributed by atoms with Gasteiger partial charge in [-0.05, 0) is 45.4 Å². The van der Waals surface area contributed by atoms with E-state index in [9.17, 15) is 14.9 Å². The van der Waals surface area contributed by atoms with Crippen molar-refractivity contribution in [2.75, 3.05) is 5.32 Å². The number of ether oxygens (including phenoxy) is 1. The van der Waals surface area contributed by atoms with E-state index in [1.165, 1.54) is 18.5 Å². The number of carbonyl (C=O) groups excluding carboxylic acids is 1. The number of nitro groups is 1. The minimum absolute atomic E-state index is 0.00436. The van der Waals surface area contributed by atoms with E-state index >= 15 is 0 Å². The Hall–Kier alpha value is -4.79. The number of anilines is 1. The number of hydrogen-bond donors (Lipinski definition) is 1. The number of rotatable bonds is 8. The molecule has 0 atom stereocenters. The molecule has 2 aromatic carbocycles. The summed E-state index contributed by atoms with van der Waals surface area (Å²) in [4.78, 5) is 33.6. The van der Waals surface area contributed by atoms with Gasteiger partial charge in [-0.25, -0.2) is 14.8 Å². The number of nitro benzene ring substituents is 1. The maximum absolute atomic E-state index is 13.1. The number of esters is 1. The van der Waals surface area contributed by atoms with Crippen molar-refractivity contribution in [1.29, 1.82) is 0 Å². The Morgan fingerprint density at radius 2 is 1.87 bits per heavy atom. The lowest BCUT2D eigenvalue weighted by molar-refractivity contribution is -0.385. The van der Waals surface area contributed by atoms with Crippen LogP contribution in [-0.2, 0) is 16.0 Å². The van der Waals surface area contributed by atoms with Crippen molar-refractivity contribution in [1.82, 2.24) is 9.97 Å². The normalized spacial score (nSPS) is 11.7. The number of carbonyl (C=O) groups is 1. The summed E-state index contributed by atoms with van der Waals surface area (Å²) < 4.78 is 11.0. The summed E-state index contributed by atoms with van der Waals surface area (Å²) >= 11 is 0. The summed E-state index contributed by atoms with van der Waals surface area (Å²) in [7, 11) is 0. The molecule has 0 spiro atoms. The molecule has 9 heteroatoms. The maximum atomic E-state index is 13.1. The van der Waals surface area contributed by atoms with Crippen LogP contribution in [0, 0.1) is 17.0 Å². The first kappa shape index (κ1) is 26.3. The van der Waals surface area contributed by atoms with Gasteiger partial charge in [-0.3, -0.25) is 10.1 Å². The third-order valence-corrected chi connectivity index (χ3v) is 5.54. The molecule has 0 unspecified atom stereocenters. The fourth-order valence-corrected chi connectivity index (χ4v) is 3.80. The monoisotopic (exact) mass is 512 g/mol. The minimum atomic E-state index is -0.719. The van der Waals surface area contributed by atoms with E-state index in [1.54, 1.807) is 58.0 Å². The highest BCUT2D eigenvalue weighted by molar-refractivity contribution is 5.96. The molecule has 0 saturated heterocycles. The Morgan fingerprint density at radius 3 is 2.53 bits per heavy atom. The molecular weight excluding hydrogens is 484 g/mol. The summed E-state index contributed by atoms with van der Waals surface area (Å²) in [5.74, 6) is 0.226. The van der Waals surface area contributed by atoms with Crippen molar-refractivity contribution in [3.05, 3.63) is 112 Å². The average molecular weight is 513 g/mol. The second kappa shape index (κ2) is 11.1. The van der Waals surface area contributed by atoms with Crippen molar-refractivity contribution in [2.24, 2.45) is 0 Å². The molecule has 38 heavy (non-hydrogen) atoms. The van der Waals surface area contributed by atoms with Crippen LogP contribution in [0.15, 0.2) is 83.2 Å². The fraction of sp³-hybridized carbons (Fsp3) is 0.207. The van der Waals surface area contributed by atoms with Crippen LogP contribution in [-0.4, -0.2) is 26.5 Å². The van der Waals surface area contributed by atoms with Crippen molar-refractivity contribution in [2.45, 2.75) is 39.7 Å². The summed E-state index contributed by atoms with van der Waals surface area (Å²) in [5, 5.41) is 14.6. The molecule has 0 amide bonds. The van der Waals surface area contributed by atoms with E-state index in [0.29, 0.717) is 40.5 Å². The van der Waals surface area contributed by atoms with E-state index < -0.39 is 16.5 Å². The number of benzene rings is 2. The lowest BCUT2D eigenvalue weighted by Crippen LogP contribution is -2.27. The van der Waals surface area contributed by atoms with Crippen molar-refractivity contribution >= 4 is 23.6 Å². The second-order valence-corrected chi connectivity index (χ2v) is 9.62. The average Bonchev–Trinajstić information content (AvgIpc) is 3.37. The minimum Gasteiger partial charge on any atom is -0.465 e. The standard InChI is InChI=1S/C29H28N4O5/c1-19-22(13-8-14-26(19)33(35)36)25-18-30-27(23(31-25)16-20-10-6-5-7-11-20)32-24(17-21-12-9-15-37-21)28(34)38-29(2,3)4/h5-15,17-18H,16H2,1-4H3,(H,30,32)/b24-17-. The molecule has 0 radical (unpaired) electrons. The summed E-state index contributed by atoms with van der Waals surface area (Å²) in [6.07, 6.45) is 4.98. The van der Waals surface area contributed by atoms with Gasteiger partial charge in [0.1, 0.15) is 17.1 Å². The topological polar surface area (TPSA) is 120 Å². The molecule has 0 aliphatic carbocycles. The number of nitrogens with one attached hydrogen (secondary N) is 1. The Balaban J connectivity index is 1.79. The molecule has 0 fully saturated rings. The first-order valence-electron chi connectivity index (χ1n) is 12.0. The third-order valence-electron chi connectivity index (χ3n) is 5.54. The van der Waals surface area contributed by atoms with Crippen LogP contribution in [0.1, 0.15) is 43.4 Å². The van der Waals surface area contributed by atoms with Gasteiger partial charge < -0.3 is 14.5 Å². The molecule has 2 heterocycles. The van der Waals surface area contributed by atoms with E-state index in [0.717, 1.165) is 5.56 Å². The highest BCUT2D eigenvalue weighted by atomic mass is 16.6. The van der Waals surface area contributed by atoms with Crippen LogP contribution in [0.2, 0.25) is 0 Å². The van der Waals surface area contributed by atoms with Crippen LogP contribution < -0.4 is 5.32 Å². The van der Waals surface area contributed by atoms with Crippen molar-refractivity contribution < 1.29 is 18.9 Å². The summed E-state index contributed by atoms with van der Waals surface area (Å²) in [6, 6.07) is 18.0. The van der Waals surface area contributed by atoms with Crippen LogP contribution >= 0.6 is 0 Å². The second-order valence-electron chi connectivity index (χ2n) is 9.62. The largest absolute Gasteiger partial charge is 0.465 e. The highest BCUT2D eigenvalue weighted by Gasteiger charge is 2.23. The van der Waals surface area contributed by atoms with Gasteiger partial charge in [0.05, 0.1) is 28.8 Å². The molecule has 194 valence electrons. The van der Waals surface area contributed by atoms with Gasteiger partial charge in [-0.2, -0.15) is 0 Å². The number of hydrogen-bond acceptors (Lipinski definition) is 8. The SMILES string of the molecule is Cc1c(-c2cnc(N/C(=C\c3ccco3)C(=O)OC(C)(C)C)c(Cc3ccccc3)n2)cccc1[N+](=O)[O-]. The zero-order valence-corrected chi connectivity index (χ0v) is 21.6. The summed E-state index contributed by atoms with van der Waals surface area (Å²) in [5.41, 5.74) is 2.51. The lowest BCUT2D eigenvalue weighted by Gasteiger charge is -2.21. The fourth-order valence-electron chi connectivity index (χ4n) is 3.80. The maximum Gasteiger partial charge on any atom is 0.355 e. The predicted octanol–water partition coefficient (Wildman–Crippen LogP) is 6.34. The van der Waals surface area contributed by atoms with E-state index in [1.807, 2.05) is 30.3 Å². The van der Waals surface area contributed by atoms with Gasteiger partial charge in [0, 0.05) is 29.7 Å². The molecule has 4 rings (SSSR count). The van der Waals surface area contributed by atoms with E-state index in [2.05, 4.69) is 10.3 Å². The molecule has 0 aliphatic rings. The van der Waals surface area contributed by atoms with Gasteiger partial charge in [0.2, 0.25) is 0 Å². The van der Waals surface area contributed by atoms with Gasteiger partial charge in [0.25, 0.3) is 5.69 Å². The Labute approximate surface area is 220 Å². The van der Waals surface area contributed by atoms with Crippen LogP contribution in [0.4, 0.5) is 11.5 Å². The summed E-state index contributed by atoms with van der Waals surface area (Å²) in [6.45, 7) is 7.04. The van der Waals surface area contributed by atoms with Gasteiger partial charge in [0.15, 0.2) is 5.82 Å². The van der Waals surface area contributed by atoms with Gasteiger partial charge in [-0.15, -0.1) is 0 Å². The molecule has 0 aliphatic heterocycles. The molecule has 0 bridgehead atoms. The number of furan rings is 1. The number of aromatic nitrogens is 2. The van der Waals surface area contributed by atoms with Gasteiger partial charge in [-0.1, -0.05) is 42.5 Å². The molecular formula is C29H28N4O5. The predicted molar refractivity (Wildman–Crippen MR) is 144 cm³/mol. The Kier molecular flexibility index (Phi) is 7.66. The van der Waals surface area contributed by atoms with Crippen LogP contribution in [0.25, 0.3) is 17.3 Å². The first-order valence-corrected chi connectivity index (χ1v) is 12.0. The lowest BCUT2D eigenvalue weighted by atomic mass is 10.0. The smallest absolute Gasteiger partial charge is 0.355 e. The molecule has 0 saturated carbocycles. The molecule has 9 nitrogen and oxygen atoms in total. The van der Waals surface area contributed by atoms with E-state index in [-0.39, 0.29) is 11.4 Å². The third kappa shape index (κ3) is 6.50. The highest BCUT2D eigenvalue weighted by Crippen LogP contribution is 2.30. The molecule has 2 aromatic heterocycles. The quantitative estimate of drug-likeness (QED) is 0.126. The van der Waals surface area contributed by atoms with Crippen molar-refractivity contribution in [3.63, 3.8) is 0 Å². The zero-order valence-electron chi connectivity index (χ0n) is 21.6. The first-order chi connectivity index (χ1) is 18.1.